The highest BCUT2D eigenvalue weighted by atomic mass is 16.5. The first kappa shape index (κ1) is 16.5. The number of rotatable bonds is 8. The van der Waals surface area contributed by atoms with Crippen LogP contribution in [-0.4, -0.2) is 30.8 Å². The van der Waals surface area contributed by atoms with Crippen molar-refractivity contribution in [2.24, 2.45) is 5.41 Å². The number of hydrogen-bond acceptors (Lipinski definition) is 3. The van der Waals surface area contributed by atoms with E-state index < -0.39 is 0 Å². The topological polar surface area (TPSA) is 58.6 Å². The molecule has 112 valence electrons. The molecule has 0 fully saturated rings. The number of carbonyl (C=O) groups is 1. The molecule has 0 spiro atoms. The number of aliphatic hydroxyl groups excluding tert-OH is 1. The second-order valence-electron chi connectivity index (χ2n) is 5.82. The van der Waals surface area contributed by atoms with Gasteiger partial charge in [-0.05, 0) is 36.8 Å². The molecule has 0 radical (unpaired) electrons. The Balaban J connectivity index is 2.32. The number of ether oxygens (including phenoxy) is 1. The van der Waals surface area contributed by atoms with Gasteiger partial charge in [0.25, 0.3) is 5.91 Å². The van der Waals surface area contributed by atoms with Gasteiger partial charge >= 0.3 is 0 Å². The second kappa shape index (κ2) is 7.90. The first-order chi connectivity index (χ1) is 9.44. The highest BCUT2D eigenvalue weighted by molar-refractivity contribution is 5.77. The quantitative estimate of drug-likeness (QED) is 0.767. The van der Waals surface area contributed by atoms with Crippen molar-refractivity contribution in [1.82, 2.24) is 5.32 Å². The number of amides is 1. The monoisotopic (exact) mass is 279 g/mol. The Bertz CT molecular complexity index is 429. The molecule has 0 saturated carbocycles. The number of carbonyl (C=O) groups excluding carboxylic acids is 1. The van der Waals surface area contributed by atoms with Gasteiger partial charge < -0.3 is 15.2 Å². The van der Waals surface area contributed by atoms with Crippen LogP contribution in [0, 0.1) is 12.3 Å². The summed E-state index contributed by atoms with van der Waals surface area (Å²) < 4.78 is 5.49. The molecule has 0 aliphatic heterocycles. The molecule has 1 amide bonds. The number of hydrogen-bond donors (Lipinski definition) is 2. The molecular formula is C16H25NO3. The van der Waals surface area contributed by atoms with Crippen LogP contribution < -0.4 is 10.1 Å². The van der Waals surface area contributed by atoms with Gasteiger partial charge in [-0.15, -0.1) is 0 Å². The smallest absolute Gasteiger partial charge is 0.257 e. The van der Waals surface area contributed by atoms with Crippen LogP contribution in [0.5, 0.6) is 5.75 Å². The lowest BCUT2D eigenvalue weighted by Gasteiger charge is -2.24. The number of para-hydroxylation sites is 1. The Morgan fingerprint density at radius 3 is 2.70 bits per heavy atom. The third-order valence-corrected chi connectivity index (χ3v) is 3.23. The molecule has 20 heavy (non-hydrogen) atoms. The minimum Gasteiger partial charge on any atom is -0.484 e. The molecule has 0 saturated heterocycles. The molecule has 0 unspecified atom stereocenters. The van der Waals surface area contributed by atoms with Gasteiger partial charge in [-0.25, -0.2) is 0 Å². The lowest BCUT2D eigenvalue weighted by Crippen LogP contribution is -2.36. The van der Waals surface area contributed by atoms with Crippen molar-refractivity contribution in [3.63, 3.8) is 0 Å². The van der Waals surface area contributed by atoms with Gasteiger partial charge in [0.2, 0.25) is 0 Å². The first-order valence-corrected chi connectivity index (χ1v) is 7.00. The van der Waals surface area contributed by atoms with Gasteiger partial charge in [-0.3, -0.25) is 4.79 Å². The van der Waals surface area contributed by atoms with Crippen molar-refractivity contribution in [1.29, 1.82) is 0 Å². The Kier molecular flexibility index (Phi) is 6.52. The van der Waals surface area contributed by atoms with Crippen LogP contribution in [0.25, 0.3) is 0 Å². The summed E-state index contributed by atoms with van der Waals surface area (Å²) >= 11 is 0. The molecule has 1 aromatic carbocycles. The van der Waals surface area contributed by atoms with E-state index in [1.54, 1.807) is 0 Å². The van der Waals surface area contributed by atoms with Gasteiger partial charge in [0.1, 0.15) is 5.75 Å². The average Bonchev–Trinajstić information content (AvgIpc) is 2.42. The van der Waals surface area contributed by atoms with Gasteiger partial charge in [-0.1, -0.05) is 32.0 Å². The molecule has 0 atom stereocenters. The molecule has 0 bridgehead atoms. The fraction of sp³-hybridized carbons (Fsp3) is 0.562. The van der Waals surface area contributed by atoms with Crippen molar-refractivity contribution in [2.75, 3.05) is 19.8 Å². The molecule has 1 rings (SSSR count). The first-order valence-electron chi connectivity index (χ1n) is 7.00. The van der Waals surface area contributed by atoms with Crippen molar-refractivity contribution in [2.45, 2.75) is 33.6 Å². The Hall–Kier alpha value is -1.55. The zero-order valence-electron chi connectivity index (χ0n) is 12.6. The normalized spacial score (nSPS) is 11.2. The van der Waals surface area contributed by atoms with E-state index in [2.05, 4.69) is 19.2 Å². The maximum Gasteiger partial charge on any atom is 0.257 e. The van der Waals surface area contributed by atoms with Crippen LogP contribution in [0.4, 0.5) is 0 Å². The highest BCUT2D eigenvalue weighted by Crippen LogP contribution is 2.20. The van der Waals surface area contributed by atoms with E-state index in [9.17, 15) is 4.79 Å². The van der Waals surface area contributed by atoms with Gasteiger partial charge in [-0.2, -0.15) is 0 Å². The zero-order chi connectivity index (χ0) is 15.0. The van der Waals surface area contributed by atoms with Gasteiger partial charge in [0.15, 0.2) is 6.61 Å². The molecule has 0 aliphatic carbocycles. The summed E-state index contributed by atoms with van der Waals surface area (Å²) in [6.07, 6.45) is 1.63. The van der Waals surface area contributed by atoms with Gasteiger partial charge in [0, 0.05) is 13.2 Å². The third kappa shape index (κ3) is 6.06. The van der Waals surface area contributed by atoms with Crippen molar-refractivity contribution >= 4 is 5.91 Å². The summed E-state index contributed by atoms with van der Waals surface area (Å²) in [5.41, 5.74) is 1.00. The number of aryl methyl sites for hydroxylation is 1. The summed E-state index contributed by atoms with van der Waals surface area (Å²) in [7, 11) is 0. The summed E-state index contributed by atoms with van der Waals surface area (Å²) in [4.78, 5) is 11.8. The minimum atomic E-state index is -0.120. The fourth-order valence-electron chi connectivity index (χ4n) is 1.90. The largest absolute Gasteiger partial charge is 0.484 e. The second-order valence-corrected chi connectivity index (χ2v) is 5.82. The predicted octanol–water partition coefficient (Wildman–Crippen LogP) is 2.29. The molecule has 4 heteroatoms. The van der Waals surface area contributed by atoms with Crippen molar-refractivity contribution < 1.29 is 14.6 Å². The maximum absolute atomic E-state index is 11.8. The lowest BCUT2D eigenvalue weighted by atomic mass is 9.88. The van der Waals surface area contributed by atoms with Crippen molar-refractivity contribution in [3.8, 4) is 5.75 Å². The fourth-order valence-corrected chi connectivity index (χ4v) is 1.90. The Labute approximate surface area is 121 Å². The van der Waals surface area contributed by atoms with Crippen LogP contribution in [0.3, 0.4) is 0 Å². The van der Waals surface area contributed by atoms with E-state index in [-0.39, 0.29) is 24.5 Å². The highest BCUT2D eigenvalue weighted by Gasteiger charge is 2.18. The standard InChI is InChI=1S/C16H25NO3/c1-13-7-4-5-8-14(13)20-11-15(19)17-12-16(2,3)9-6-10-18/h4-5,7-8,18H,6,9-12H2,1-3H3,(H,17,19). The average molecular weight is 279 g/mol. The van der Waals surface area contributed by atoms with Crippen LogP contribution in [0.2, 0.25) is 0 Å². The van der Waals surface area contributed by atoms with E-state index in [1.165, 1.54) is 0 Å². The van der Waals surface area contributed by atoms with E-state index in [1.807, 2.05) is 31.2 Å². The summed E-state index contributed by atoms with van der Waals surface area (Å²) in [6, 6.07) is 7.63. The predicted molar refractivity (Wildman–Crippen MR) is 79.8 cm³/mol. The van der Waals surface area contributed by atoms with Crippen LogP contribution in [-0.2, 0) is 4.79 Å². The molecule has 4 nitrogen and oxygen atoms in total. The van der Waals surface area contributed by atoms with Gasteiger partial charge in [0.05, 0.1) is 0 Å². The van der Waals surface area contributed by atoms with Crippen molar-refractivity contribution in [3.05, 3.63) is 29.8 Å². The Morgan fingerprint density at radius 2 is 2.05 bits per heavy atom. The summed E-state index contributed by atoms with van der Waals surface area (Å²) in [6.45, 7) is 6.90. The SMILES string of the molecule is Cc1ccccc1OCC(=O)NCC(C)(C)CCCO. The maximum atomic E-state index is 11.8. The molecule has 0 aromatic heterocycles. The minimum absolute atomic E-state index is 0.0128. The zero-order valence-corrected chi connectivity index (χ0v) is 12.6. The number of nitrogens with one attached hydrogen (secondary N) is 1. The van der Waals surface area contributed by atoms with Crippen LogP contribution >= 0.6 is 0 Å². The summed E-state index contributed by atoms with van der Waals surface area (Å²) in [5.74, 6) is 0.618. The number of benzene rings is 1. The van der Waals surface area contributed by atoms with E-state index in [0.29, 0.717) is 6.54 Å². The van der Waals surface area contributed by atoms with Crippen LogP contribution in [0.1, 0.15) is 32.3 Å². The Morgan fingerprint density at radius 1 is 1.35 bits per heavy atom. The molecule has 0 aliphatic rings. The van der Waals surface area contributed by atoms with E-state index >= 15 is 0 Å². The number of aliphatic hydroxyl groups is 1. The molecular weight excluding hydrogens is 254 g/mol. The van der Waals surface area contributed by atoms with Crippen LogP contribution in [0.15, 0.2) is 24.3 Å². The van der Waals surface area contributed by atoms with E-state index in [0.717, 1.165) is 24.2 Å². The molecule has 2 N–H and O–H groups in total. The molecule has 0 heterocycles. The van der Waals surface area contributed by atoms with E-state index in [4.69, 9.17) is 9.84 Å². The third-order valence-electron chi connectivity index (χ3n) is 3.23. The summed E-state index contributed by atoms with van der Waals surface area (Å²) in [5, 5.41) is 11.7. The molecule has 1 aromatic rings. The lowest BCUT2D eigenvalue weighted by molar-refractivity contribution is -0.123.